The second kappa shape index (κ2) is 27.5. The monoisotopic (exact) mass is 711 g/mol. The minimum Gasteiger partial charge on any atom is -0.491 e. The summed E-state index contributed by atoms with van der Waals surface area (Å²) in [4.78, 5) is 23.7. The van der Waals surface area contributed by atoms with E-state index in [9.17, 15) is 13.6 Å². The van der Waals surface area contributed by atoms with Crippen molar-refractivity contribution in [2.75, 3.05) is 26.7 Å². The summed E-state index contributed by atoms with van der Waals surface area (Å²) in [6.45, 7) is 34.3. The lowest BCUT2D eigenvalue weighted by atomic mass is 9.99. The van der Waals surface area contributed by atoms with Crippen molar-refractivity contribution in [2.24, 2.45) is 5.92 Å². The van der Waals surface area contributed by atoms with E-state index < -0.39 is 11.6 Å². The zero-order valence-electron chi connectivity index (χ0n) is 33.7. The van der Waals surface area contributed by atoms with Crippen molar-refractivity contribution in [2.45, 2.75) is 102 Å². The van der Waals surface area contributed by atoms with E-state index in [4.69, 9.17) is 9.53 Å². The number of carbonyl (C=O) groups is 2. The summed E-state index contributed by atoms with van der Waals surface area (Å²) in [6.07, 6.45) is 10.7. The van der Waals surface area contributed by atoms with Crippen molar-refractivity contribution in [1.29, 1.82) is 0 Å². The molecule has 0 atom stereocenters. The molecule has 286 valence electrons. The van der Waals surface area contributed by atoms with Crippen LogP contribution in [0.15, 0.2) is 84.8 Å². The SMILES string of the molecule is C=Cc1cc(F)c(/C(C)=C(\C)CN(C)/C(C)=C/C=C\C(=C)N2CCC(C)CC2)c(F)c1.C=O.CC.CC.CCC(=O)c1ccc(OC(C)C)cc1.[HH]. The number of ketones is 1. The topological polar surface area (TPSA) is 49.9 Å². The molecule has 0 aromatic heterocycles. The maximum absolute atomic E-state index is 14.5. The molecule has 0 saturated carbocycles. The van der Waals surface area contributed by atoms with Crippen LogP contribution in [-0.2, 0) is 4.79 Å². The fraction of sp³-hybridized carbons (Fsp3) is 0.455. The molecule has 51 heavy (non-hydrogen) atoms. The summed E-state index contributed by atoms with van der Waals surface area (Å²) in [5, 5.41) is 0. The number of ether oxygens (including phenoxy) is 1. The van der Waals surface area contributed by atoms with Gasteiger partial charge >= 0.3 is 0 Å². The molecule has 2 aromatic rings. The number of likely N-dealkylation sites (tertiary alicyclic amines) is 1. The first-order chi connectivity index (χ1) is 24.3. The van der Waals surface area contributed by atoms with Gasteiger partial charge in [-0.15, -0.1) is 0 Å². The van der Waals surface area contributed by atoms with Crippen molar-refractivity contribution in [3.8, 4) is 5.75 Å². The minimum atomic E-state index is -0.560. The van der Waals surface area contributed by atoms with E-state index in [1.165, 1.54) is 31.1 Å². The number of halogens is 2. The zero-order chi connectivity index (χ0) is 39.7. The molecule has 0 bridgehead atoms. The number of rotatable bonds is 12. The first-order valence-electron chi connectivity index (χ1n) is 18.1. The molecule has 3 rings (SSSR count). The molecule has 0 radical (unpaired) electrons. The van der Waals surface area contributed by atoms with Gasteiger partial charge in [0.1, 0.15) is 24.2 Å². The van der Waals surface area contributed by atoms with Gasteiger partial charge in [0.25, 0.3) is 0 Å². The van der Waals surface area contributed by atoms with E-state index in [-0.39, 0.29) is 18.9 Å². The van der Waals surface area contributed by atoms with Crippen LogP contribution in [0, 0.1) is 17.6 Å². The van der Waals surface area contributed by atoms with Crippen molar-refractivity contribution >= 4 is 24.2 Å². The van der Waals surface area contributed by atoms with Crippen LogP contribution in [0.2, 0.25) is 0 Å². The van der Waals surface area contributed by atoms with Crippen LogP contribution in [0.4, 0.5) is 8.78 Å². The Hall–Kier alpha value is -4.26. The maximum Gasteiger partial charge on any atom is 0.162 e. The second-order valence-electron chi connectivity index (χ2n) is 12.1. The van der Waals surface area contributed by atoms with Crippen LogP contribution in [0.5, 0.6) is 5.75 Å². The van der Waals surface area contributed by atoms with Crippen molar-refractivity contribution in [3.05, 3.63) is 113 Å². The number of piperidine rings is 1. The number of nitrogens with zero attached hydrogens (tertiary/aromatic N) is 2. The lowest BCUT2D eigenvalue weighted by Gasteiger charge is -2.32. The smallest absolute Gasteiger partial charge is 0.162 e. The molecular formula is C44H68F2N2O3. The molecule has 0 spiro atoms. The Labute approximate surface area is 311 Å². The van der Waals surface area contributed by atoms with Crippen LogP contribution in [0.3, 0.4) is 0 Å². The third-order valence-electron chi connectivity index (χ3n) is 8.08. The summed E-state index contributed by atoms with van der Waals surface area (Å²) in [5.41, 5.74) is 4.86. The number of hydrogen-bond donors (Lipinski definition) is 0. The van der Waals surface area contributed by atoms with Gasteiger partial charge in [-0.25, -0.2) is 8.78 Å². The molecule has 1 fully saturated rings. The molecular weight excluding hydrogens is 642 g/mol. The van der Waals surface area contributed by atoms with Gasteiger partial charge in [0.05, 0.1) is 6.10 Å². The average Bonchev–Trinajstić information content (AvgIpc) is 3.13. The van der Waals surface area contributed by atoms with Crippen LogP contribution < -0.4 is 4.74 Å². The second-order valence-corrected chi connectivity index (χ2v) is 12.1. The van der Waals surface area contributed by atoms with E-state index in [0.29, 0.717) is 24.1 Å². The molecule has 0 unspecified atom stereocenters. The Morgan fingerprint density at radius 1 is 1.02 bits per heavy atom. The molecule has 0 N–H and O–H groups in total. The number of allylic oxidation sites excluding steroid dienone is 5. The van der Waals surface area contributed by atoms with Gasteiger partial charge in [-0.05, 0) is 113 Å². The number of likely N-dealkylation sites (N-methyl/N-ethyl adjacent to an activating group) is 1. The van der Waals surface area contributed by atoms with Gasteiger partial charge in [-0.3, -0.25) is 4.79 Å². The highest BCUT2D eigenvalue weighted by Gasteiger charge is 2.16. The number of benzene rings is 2. The molecule has 1 aliphatic rings. The highest BCUT2D eigenvalue weighted by molar-refractivity contribution is 5.95. The molecule has 1 heterocycles. The van der Waals surface area contributed by atoms with Gasteiger partial charge in [0, 0.05) is 57.1 Å². The van der Waals surface area contributed by atoms with E-state index >= 15 is 0 Å². The van der Waals surface area contributed by atoms with E-state index in [1.807, 2.05) is 119 Å². The summed E-state index contributed by atoms with van der Waals surface area (Å²) >= 11 is 0. The zero-order valence-corrected chi connectivity index (χ0v) is 33.7. The number of carbonyl (C=O) groups excluding carboxylic acids is 2. The quantitative estimate of drug-likeness (QED) is 0.162. The molecule has 2 aromatic carbocycles. The van der Waals surface area contributed by atoms with Crippen LogP contribution in [0.1, 0.15) is 118 Å². The predicted octanol–water partition coefficient (Wildman–Crippen LogP) is 12.2. The highest BCUT2D eigenvalue weighted by atomic mass is 19.1. The van der Waals surface area contributed by atoms with Crippen LogP contribution in [-0.4, -0.2) is 55.2 Å². The van der Waals surface area contributed by atoms with E-state index in [1.54, 1.807) is 6.92 Å². The van der Waals surface area contributed by atoms with E-state index in [0.717, 1.165) is 47.3 Å². The summed E-state index contributed by atoms with van der Waals surface area (Å²) in [6, 6.07) is 9.92. The van der Waals surface area contributed by atoms with Crippen molar-refractivity contribution in [3.63, 3.8) is 0 Å². The molecule has 7 heteroatoms. The Balaban J connectivity index is -0.000000957. The Kier molecular flexibility index (Phi) is 26.3. The normalized spacial score (nSPS) is 13.2. The Bertz CT molecular complexity index is 1400. The first-order valence-corrected chi connectivity index (χ1v) is 18.1. The predicted molar refractivity (Wildman–Crippen MR) is 218 cm³/mol. The Morgan fingerprint density at radius 3 is 1.98 bits per heavy atom. The fourth-order valence-corrected chi connectivity index (χ4v) is 4.90. The van der Waals surface area contributed by atoms with Gasteiger partial charge in [-0.1, -0.05) is 72.4 Å². The van der Waals surface area contributed by atoms with Crippen LogP contribution in [0.25, 0.3) is 11.6 Å². The average molecular weight is 711 g/mol. The molecule has 1 aliphatic heterocycles. The minimum absolute atomic E-state index is 0. The standard InChI is InChI=1S/C27H36F2N2.C12H16O2.2C2H6.CH2O.H2/c1-8-24-16-25(28)27(26(29)17-24)23(6)20(3)18-30(7)21(4)10-9-11-22(5)31-14-12-19(2)13-15-31;1-4-12(13)10-5-7-11(8-6-10)14-9(2)3;3*1-2;/h8-11,16-17,19H,1,5,12-15,18H2,2-4,6-7H3;5-9H,4H2,1-3H3;2*1-2H3;1H2;1H/b11-9-,21-10+,23-20+;;;;;. The third kappa shape index (κ3) is 18.0. The lowest BCUT2D eigenvalue weighted by Crippen LogP contribution is -2.31. The molecule has 0 aliphatic carbocycles. The van der Waals surface area contributed by atoms with Gasteiger partial charge in [0.15, 0.2) is 5.78 Å². The first kappa shape index (κ1) is 48.9. The molecule has 1 saturated heterocycles. The van der Waals surface area contributed by atoms with E-state index in [2.05, 4.69) is 29.9 Å². The number of hydrogen-bond acceptors (Lipinski definition) is 5. The largest absolute Gasteiger partial charge is 0.491 e. The number of Topliss-reactive ketones (excluding diaryl/α,β-unsaturated/α-hetero) is 1. The Morgan fingerprint density at radius 2 is 1.53 bits per heavy atom. The van der Waals surface area contributed by atoms with Gasteiger partial charge in [-0.2, -0.15) is 0 Å². The summed E-state index contributed by atoms with van der Waals surface area (Å²) in [5.74, 6) is 0.657. The van der Waals surface area contributed by atoms with Crippen LogP contribution >= 0.6 is 0 Å². The summed E-state index contributed by atoms with van der Waals surface area (Å²) in [7, 11) is 1.98. The third-order valence-corrected chi connectivity index (χ3v) is 8.08. The fourth-order valence-electron chi connectivity index (χ4n) is 4.90. The lowest BCUT2D eigenvalue weighted by molar-refractivity contribution is -0.0980. The highest BCUT2D eigenvalue weighted by Crippen LogP contribution is 2.27. The molecule has 5 nitrogen and oxygen atoms in total. The summed E-state index contributed by atoms with van der Waals surface area (Å²) < 4.78 is 34.4. The van der Waals surface area contributed by atoms with Crippen molar-refractivity contribution < 1.29 is 24.5 Å². The van der Waals surface area contributed by atoms with Crippen molar-refractivity contribution in [1.82, 2.24) is 9.80 Å². The maximum atomic E-state index is 14.5. The van der Waals surface area contributed by atoms with Gasteiger partial charge < -0.3 is 19.3 Å². The van der Waals surface area contributed by atoms with Gasteiger partial charge in [0.2, 0.25) is 0 Å². The molecule has 0 amide bonds.